The molecule has 5 nitrogen and oxygen atoms in total. The van der Waals surface area contributed by atoms with E-state index in [9.17, 15) is 22.8 Å². The molecule has 0 fully saturated rings. The highest BCUT2D eigenvalue weighted by Crippen LogP contribution is 2.21. The Bertz CT molecular complexity index is 840. The lowest BCUT2D eigenvalue weighted by Gasteiger charge is -2.15. The molecule has 0 saturated carbocycles. The standard InChI is InChI=1S/C19H17F3N2O3/c1-24(12-17(25)23-15-7-4-6-14(20)11-15)18(26)10-9-13-5-2-3-8-16(13)27-19(21)22/h2-11,19H,12H2,1H3,(H,23,25)/b10-9+. The van der Waals surface area contributed by atoms with Crippen LogP contribution >= 0.6 is 0 Å². The maximum absolute atomic E-state index is 13.1. The summed E-state index contributed by atoms with van der Waals surface area (Å²) in [6.45, 7) is -3.25. The average molecular weight is 378 g/mol. The minimum Gasteiger partial charge on any atom is -0.434 e. The zero-order chi connectivity index (χ0) is 19.8. The van der Waals surface area contributed by atoms with Crippen LogP contribution in [0.5, 0.6) is 5.75 Å². The molecular formula is C19H17F3N2O3. The van der Waals surface area contributed by atoms with E-state index in [2.05, 4.69) is 10.1 Å². The number of nitrogens with one attached hydrogen (secondary N) is 1. The summed E-state index contributed by atoms with van der Waals surface area (Å²) in [5.74, 6) is -1.59. The number of anilines is 1. The average Bonchev–Trinajstić information content (AvgIpc) is 2.60. The monoisotopic (exact) mass is 378 g/mol. The van der Waals surface area contributed by atoms with Crippen LogP contribution in [0.4, 0.5) is 18.9 Å². The van der Waals surface area contributed by atoms with Crippen LogP contribution < -0.4 is 10.1 Å². The number of hydrogen-bond donors (Lipinski definition) is 1. The van der Waals surface area contributed by atoms with Crippen LogP contribution in [0.1, 0.15) is 5.56 Å². The summed E-state index contributed by atoms with van der Waals surface area (Å²) in [6.07, 6.45) is 2.46. The fraction of sp³-hybridized carbons (Fsp3) is 0.158. The van der Waals surface area contributed by atoms with E-state index < -0.39 is 24.2 Å². The van der Waals surface area contributed by atoms with Crippen molar-refractivity contribution in [2.75, 3.05) is 18.9 Å². The van der Waals surface area contributed by atoms with E-state index in [1.165, 1.54) is 49.5 Å². The maximum Gasteiger partial charge on any atom is 0.387 e. The Morgan fingerprint density at radius 1 is 1.19 bits per heavy atom. The molecule has 0 radical (unpaired) electrons. The second kappa shape index (κ2) is 9.42. The van der Waals surface area contributed by atoms with Gasteiger partial charge in [-0.15, -0.1) is 0 Å². The Morgan fingerprint density at radius 2 is 1.93 bits per heavy atom. The van der Waals surface area contributed by atoms with Gasteiger partial charge in [-0.25, -0.2) is 4.39 Å². The predicted octanol–water partition coefficient (Wildman–Crippen LogP) is 3.54. The van der Waals surface area contributed by atoms with Gasteiger partial charge in [0.1, 0.15) is 11.6 Å². The molecule has 8 heteroatoms. The van der Waals surface area contributed by atoms with E-state index in [4.69, 9.17) is 0 Å². The molecule has 0 aromatic heterocycles. The minimum absolute atomic E-state index is 0.0666. The van der Waals surface area contributed by atoms with Gasteiger partial charge in [0.25, 0.3) is 0 Å². The van der Waals surface area contributed by atoms with Gasteiger partial charge in [-0.05, 0) is 30.3 Å². The molecule has 0 spiro atoms. The summed E-state index contributed by atoms with van der Waals surface area (Å²) in [5.41, 5.74) is 0.568. The van der Waals surface area contributed by atoms with Crippen molar-refractivity contribution in [3.05, 3.63) is 66.0 Å². The van der Waals surface area contributed by atoms with Gasteiger partial charge in [-0.3, -0.25) is 9.59 Å². The molecule has 0 aliphatic heterocycles. The lowest BCUT2D eigenvalue weighted by Crippen LogP contribution is -2.33. The fourth-order valence-corrected chi connectivity index (χ4v) is 2.17. The van der Waals surface area contributed by atoms with E-state index >= 15 is 0 Å². The van der Waals surface area contributed by atoms with Crippen LogP contribution in [0.15, 0.2) is 54.6 Å². The second-order valence-electron chi connectivity index (χ2n) is 5.50. The smallest absolute Gasteiger partial charge is 0.387 e. The van der Waals surface area contributed by atoms with Gasteiger partial charge < -0.3 is 15.0 Å². The van der Waals surface area contributed by atoms with Crippen molar-refractivity contribution in [1.82, 2.24) is 4.90 Å². The Labute approximate surface area is 154 Å². The fourth-order valence-electron chi connectivity index (χ4n) is 2.17. The second-order valence-corrected chi connectivity index (χ2v) is 5.50. The van der Waals surface area contributed by atoms with Crippen molar-refractivity contribution in [3.63, 3.8) is 0 Å². The van der Waals surface area contributed by atoms with Crippen molar-refractivity contribution < 1.29 is 27.5 Å². The number of hydrogen-bond acceptors (Lipinski definition) is 3. The first kappa shape index (κ1) is 20.0. The molecule has 2 rings (SSSR count). The number of amides is 2. The Balaban J connectivity index is 1.95. The van der Waals surface area contributed by atoms with Crippen LogP contribution in [-0.4, -0.2) is 36.9 Å². The molecule has 142 valence electrons. The molecule has 0 unspecified atom stereocenters. The number of ether oxygens (including phenoxy) is 1. The van der Waals surface area contributed by atoms with Crippen LogP contribution in [0.25, 0.3) is 6.08 Å². The van der Waals surface area contributed by atoms with Gasteiger partial charge in [-0.2, -0.15) is 8.78 Å². The van der Waals surface area contributed by atoms with Crippen molar-refractivity contribution in [1.29, 1.82) is 0 Å². The molecule has 0 aliphatic rings. The Morgan fingerprint density at radius 3 is 2.63 bits per heavy atom. The number of para-hydroxylation sites is 1. The highest BCUT2D eigenvalue weighted by molar-refractivity contribution is 5.98. The molecule has 0 aliphatic carbocycles. The molecule has 0 heterocycles. The largest absolute Gasteiger partial charge is 0.434 e. The van der Waals surface area contributed by atoms with Gasteiger partial charge in [0.15, 0.2) is 0 Å². The van der Waals surface area contributed by atoms with Crippen LogP contribution in [0, 0.1) is 5.82 Å². The van der Waals surface area contributed by atoms with Crippen molar-refractivity contribution in [2.45, 2.75) is 6.61 Å². The topological polar surface area (TPSA) is 58.6 Å². The summed E-state index contributed by atoms with van der Waals surface area (Å²) in [6, 6.07) is 11.4. The van der Waals surface area contributed by atoms with Gasteiger partial charge in [0.05, 0.1) is 6.54 Å². The van der Waals surface area contributed by atoms with E-state index in [1.54, 1.807) is 6.07 Å². The summed E-state index contributed by atoms with van der Waals surface area (Å²) >= 11 is 0. The van der Waals surface area contributed by atoms with Crippen LogP contribution in [0.2, 0.25) is 0 Å². The maximum atomic E-state index is 13.1. The first-order valence-corrected chi connectivity index (χ1v) is 7.87. The minimum atomic E-state index is -2.98. The number of nitrogens with zero attached hydrogens (tertiary/aromatic N) is 1. The number of likely N-dealkylation sites (N-methyl/N-ethyl adjacent to an activating group) is 1. The highest BCUT2D eigenvalue weighted by Gasteiger charge is 2.12. The SMILES string of the molecule is CN(CC(=O)Nc1cccc(F)c1)C(=O)/C=C/c1ccccc1OC(F)F. The third-order valence-electron chi connectivity index (χ3n) is 3.41. The molecule has 0 atom stereocenters. The van der Waals surface area contributed by atoms with E-state index in [1.807, 2.05) is 0 Å². The summed E-state index contributed by atoms with van der Waals surface area (Å²) < 4.78 is 42.2. The number of benzene rings is 2. The third-order valence-corrected chi connectivity index (χ3v) is 3.41. The first-order valence-electron chi connectivity index (χ1n) is 7.87. The van der Waals surface area contributed by atoms with Gasteiger partial charge in [0.2, 0.25) is 11.8 Å². The zero-order valence-electron chi connectivity index (χ0n) is 14.4. The number of carbonyl (C=O) groups excluding carboxylic acids is 2. The number of carbonyl (C=O) groups is 2. The van der Waals surface area contributed by atoms with Crippen LogP contribution in [0.3, 0.4) is 0 Å². The summed E-state index contributed by atoms with van der Waals surface area (Å²) in [5, 5.41) is 2.47. The third kappa shape index (κ3) is 6.50. The van der Waals surface area contributed by atoms with E-state index in [0.717, 1.165) is 17.0 Å². The normalized spacial score (nSPS) is 10.9. The Hall–Kier alpha value is -3.29. The molecule has 2 aromatic rings. The van der Waals surface area contributed by atoms with E-state index in [-0.39, 0.29) is 18.0 Å². The molecule has 1 N–H and O–H groups in total. The molecule has 0 bridgehead atoms. The predicted molar refractivity (Wildman–Crippen MR) is 94.8 cm³/mol. The quantitative estimate of drug-likeness (QED) is 0.750. The summed E-state index contributed by atoms with van der Waals surface area (Å²) in [7, 11) is 1.40. The number of halogens is 3. The Kier molecular flexibility index (Phi) is 6.99. The van der Waals surface area contributed by atoms with Crippen molar-refractivity contribution in [3.8, 4) is 5.75 Å². The molecule has 0 saturated heterocycles. The highest BCUT2D eigenvalue weighted by atomic mass is 19.3. The summed E-state index contributed by atoms with van der Waals surface area (Å²) in [4.78, 5) is 25.2. The molecule has 2 amide bonds. The molecule has 27 heavy (non-hydrogen) atoms. The number of alkyl halides is 2. The zero-order valence-corrected chi connectivity index (χ0v) is 14.4. The lowest BCUT2D eigenvalue weighted by molar-refractivity contribution is -0.129. The first-order chi connectivity index (χ1) is 12.8. The van der Waals surface area contributed by atoms with Gasteiger partial charge in [0, 0.05) is 24.4 Å². The van der Waals surface area contributed by atoms with Gasteiger partial charge >= 0.3 is 6.61 Å². The molecular weight excluding hydrogens is 361 g/mol. The van der Waals surface area contributed by atoms with Crippen LogP contribution in [-0.2, 0) is 9.59 Å². The van der Waals surface area contributed by atoms with Crippen molar-refractivity contribution >= 4 is 23.6 Å². The van der Waals surface area contributed by atoms with E-state index in [0.29, 0.717) is 5.56 Å². The van der Waals surface area contributed by atoms with Crippen molar-refractivity contribution in [2.24, 2.45) is 0 Å². The lowest BCUT2D eigenvalue weighted by atomic mass is 10.2. The molecule has 2 aromatic carbocycles. The number of rotatable bonds is 7. The van der Waals surface area contributed by atoms with Gasteiger partial charge in [-0.1, -0.05) is 24.3 Å².